The topological polar surface area (TPSA) is 94.4 Å². The van der Waals surface area contributed by atoms with Gasteiger partial charge in [0.25, 0.3) is 5.91 Å². The van der Waals surface area contributed by atoms with Gasteiger partial charge in [0.15, 0.2) is 5.76 Å². The molecule has 29 heavy (non-hydrogen) atoms. The Morgan fingerprint density at radius 3 is 2.93 bits per heavy atom. The van der Waals surface area contributed by atoms with E-state index in [0.717, 1.165) is 48.9 Å². The van der Waals surface area contributed by atoms with Gasteiger partial charge in [0.2, 0.25) is 0 Å². The third kappa shape index (κ3) is 3.56. The lowest BCUT2D eigenvalue weighted by Crippen LogP contribution is -2.49. The van der Waals surface area contributed by atoms with Crippen molar-refractivity contribution in [2.75, 3.05) is 13.1 Å². The average Bonchev–Trinajstić information content (AvgIpc) is 3.41. The van der Waals surface area contributed by atoms with Crippen molar-refractivity contribution in [1.29, 1.82) is 0 Å². The highest BCUT2D eigenvalue weighted by Gasteiger charge is 2.42. The molecule has 0 radical (unpaired) electrons. The molecular weight excluding hydrogens is 368 g/mol. The molecule has 4 atom stereocenters. The van der Waals surface area contributed by atoms with Crippen LogP contribution in [-0.2, 0) is 6.54 Å². The molecule has 0 bridgehead atoms. The summed E-state index contributed by atoms with van der Waals surface area (Å²) in [7, 11) is 0. The van der Waals surface area contributed by atoms with E-state index in [2.05, 4.69) is 38.6 Å². The summed E-state index contributed by atoms with van der Waals surface area (Å²) in [4.78, 5) is 14.9. The Kier molecular flexibility index (Phi) is 4.64. The predicted molar refractivity (Wildman–Crippen MR) is 108 cm³/mol. The van der Waals surface area contributed by atoms with Crippen molar-refractivity contribution in [3.05, 3.63) is 53.6 Å². The molecule has 5 rings (SSSR count). The van der Waals surface area contributed by atoms with Crippen LogP contribution in [0.4, 0.5) is 0 Å². The Balaban J connectivity index is 1.22. The fraction of sp³-hybridized carbons (Fsp3) is 0.455. The van der Waals surface area contributed by atoms with Gasteiger partial charge < -0.3 is 14.8 Å². The van der Waals surface area contributed by atoms with E-state index in [0.29, 0.717) is 17.6 Å². The minimum atomic E-state index is -0.517. The van der Waals surface area contributed by atoms with Gasteiger partial charge in [0.05, 0.1) is 30.1 Å². The van der Waals surface area contributed by atoms with Crippen molar-refractivity contribution in [1.82, 2.24) is 20.4 Å². The maximum atomic E-state index is 12.5. The lowest BCUT2D eigenvalue weighted by atomic mass is 9.77. The quantitative estimate of drug-likeness (QED) is 0.632. The smallest absolute Gasteiger partial charge is 0.287 e. The van der Waals surface area contributed by atoms with Crippen LogP contribution >= 0.6 is 0 Å². The maximum absolute atomic E-state index is 12.5. The van der Waals surface area contributed by atoms with Crippen molar-refractivity contribution >= 4 is 16.8 Å². The van der Waals surface area contributed by atoms with Crippen LogP contribution in [0.2, 0.25) is 0 Å². The maximum Gasteiger partial charge on any atom is 0.287 e. The summed E-state index contributed by atoms with van der Waals surface area (Å²) in [6, 6.07) is 7.97. The molecule has 1 amide bonds. The minimum Gasteiger partial charge on any atom is -0.459 e. The number of furan rings is 1. The normalized spacial score (nSPS) is 27.2. The number of aliphatic hydroxyl groups is 1. The van der Waals surface area contributed by atoms with Crippen LogP contribution in [0, 0.1) is 18.8 Å². The zero-order valence-corrected chi connectivity index (χ0v) is 16.5. The van der Waals surface area contributed by atoms with E-state index in [4.69, 9.17) is 4.42 Å². The van der Waals surface area contributed by atoms with Crippen LogP contribution in [-0.4, -0.2) is 51.3 Å². The number of aliphatic hydroxyl groups excluding tert-OH is 1. The fourth-order valence-electron chi connectivity index (χ4n) is 4.99. The van der Waals surface area contributed by atoms with E-state index < -0.39 is 6.10 Å². The minimum absolute atomic E-state index is 0.227. The molecule has 2 aromatic heterocycles. The van der Waals surface area contributed by atoms with Gasteiger partial charge in [-0.25, -0.2) is 0 Å². The first-order chi connectivity index (χ1) is 14.1. The van der Waals surface area contributed by atoms with Crippen molar-refractivity contribution in [2.24, 2.45) is 11.8 Å². The molecule has 1 aliphatic heterocycles. The van der Waals surface area contributed by atoms with Gasteiger partial charge in [-0.3, -0.25) is 14.8 Å². The summed E-state index contributed by atoms with van der Waals surface area (Å²) >= 11 is 0. The van der Waals surface area contributed by atoms with E-state index in [1.165, 1.54) is 11.8 Å². The number of nitrogens with one attached hydrogen (secondary N) is 2. The van der Waals surface area contributed by atoms with Crippen LogP contribution in [0.1, 0.15) is 34.5 Å². The van der Waals surface area contributed by atoms with E-state index in [1.807, 2.05) is 13.1 Å². The standard InChI is InChI=1S/C22H26N4O3/c1-13-4-5-29-21(13)22(28)24-19-7-16-11-26(12-17(16)8-20(19)27)10-14-2-3-15-9-23-25-18(15)6-14/h2-6,9,16-17,19-20,27H,7-8,10-12H2,1H3,(H,23,25)(H,24,28)/t16-,17+,19-,20-/m0/s1. The number of benzene rings is 1. The predicted octanol–water partition coefficient (Wildman–Crippen LogP) is 2.47. The number of H-pyrrole nitrogens is 1. The monoisotopic (exact) mass is 394 g/mol. The lowest BCUT2D eigenvalue weighted by Gasteiger charge is -2.35. The van der Waals surface area contributed by atoms with Crippen molar-refractivity contribution < 1.29 is 14.3 Å². The number of amides is 1. The number of aromatic amines is 1. The molecule has 1 aromatic carbocycles. The van der Waals surface area contributed by atoms with Crippen LogP contribution in [0.25, 0.3) is 10.9 Å². The average molecular weight is 394 g/mol. The summed E-state index contributed by atoms with van der Waals surface area (Å²) in [5.41, 5.74) is 3.14. The molecule has 0 unspecified atom stereocenters. The summed E-state index contributed by atoms with van der Waals surface area (Å²) in [6.07, 6.45) is 4.36. The summed E-state index contributed by atoms with van der Waals surface area (Å²) < 4.78 is 5.29. The summed E-state index contributed by atoms with van der Waals surface area (Å²) in [5.74, 6) is 1.05. The zero-order valence-electron chi connectivity index (χ0n) is 16.5. The molecule has 7 heteroatoms. The number of nitrogens with zero attached hydrogens (tertiary/aromatic N) is 2. The van der Waals surface area contributed by atoms with Gasteiger partial charge in [-0.15, -0.1) is 0 Å². The molecule has 1 aliphatic carbocycles. The van der Waals surface area contributed by atoms with E-state index in [9.17, 15) is 9.90 Å². The van der Waals surface area contributed by atoms with E-state index in [1.54, 1.807) is 6.07 Å². The first-order valence-corrected chi connectivity index (χ1v) is 10.2. The van der Waals surface area contributed by atoms with Crippen LogP contribution in [0.15, 0.2) is 41.1 Å². The first-order valence-electron chi connectivity index (χ1n) is 10.2. The van der Waals surface area contributed by atoms with Gasteiger partial charge in [-0.1, -0.05) is 12.1 Å². The summed E-state index contributed by atoms with van der Waals surface area (Å²) in [6.45, 7) is 4.72. The second-order valence-electron chi connectivity index (χ2n) is 8.56. The number of rotatable bonds is 4. The molecule has 2 fully saturated rings. The fourth-order valence-corrected chi connectivity index (χ4v) is 4.99. The number of aryl methyl sites for hydroxylation is 1. The molecule has 1 saturated carbocycles. The molecule has 7 nitrogen and oxygen atoms in total. The number of hydrogen-bond donors (Lipinski definition) is 3. The van der Waals surface area contributed by atoms with Crippen LogP contribution < -0.4 is 5.32 Å². The first kappa shape index (κ1) is 18.4. The second kappa shape index (κ2) is 7.31. The molecule has 152 valence electrons. The highest BCUT2D eigenvalue weighted by molar-refractivity contribution is 5.93. The Morgan fingerprint density at radius 1 is 1.31 bits per heavy atom. The van der Waals surface area contributed by atoms with E-state index >= 15 is 0 Å². The van der Waals surface area contributed by atoms with Gasteiger partial charge in [0, 0.05) is 30.6 Å². The Hall–Kier alpha value is -2.64. The Labute approximate surface area is 169 Å². The molecule has 3 N–H and O–H groups in total. The van der Waals surface area contributed by atoms with Crippen LogP contribution in [0.5, 0.6) is 0 Å². The molecule has 3 heterocycles. The third-order valence-electron chi connectivity index (χ3n) is 6.51. The van der Waals surface area contributed by atoms with Gasteiger partial charge >= 0.3 is 0 Å². The third-order valence-corrected chi connectivity index (χ3v) is 6.51. The lowest BCUT2D eigenvalue weighted by molar-refractivity contribution is 0.0452. The number of carbonyl (C=O) groups excluding carboxylic acids is 1. The number of likely N-dealkylation sites (tertiary alicyclic amines) is 1. The molecular formula is C22H26N4O3. The summed E-state index contributed by atoms with van der Waals surface area (Å²) in [5, 5.41) is 21.9. The SMILES string of the molecule is Cc1ccoc1C(=O)N[C@H]1C[C@H]2CN(Cc3ccc4cn[nH]c4c3)C[C@H]2C[C@@H]1O. The van der Waals surface area contributed by atoms with E-state index in [-0.39, 0.29) is 11.9 Å². The molecule has 3 aromatic rings. The Bertz CT molecular complexity index is 1030. The van der Waals surface area contributed by atoms with Crippen LogP contribution in [0.3, 0.4) is 0 Å². The highest BCUT2D eigenvalue weighted by atomic mass is 16.3. The van der Waals surface area contributed by atoms with Gasteiger partial charge in [-0.05, 0) is 49.3 Å². The highest BCUT2D eigenvalue weighted by Crippen LogP contribution is 2.37. The van der Waals surface area contributed by atoms with Crippen molar-refractivity contribution in [2.45, 2.75) is 38.5 Å². The number of hydrogen-bond acceptors (Lipinski definition) is 5. The molecule has 0 spiro atoms. The number of carbonyl (C=O) groups is 1. The van der Waals surface area contributed by atoms with Crippen molar-refractivity contribution in [3.63, 3.8) is 0 Å². The second-order valence-corrected chi connectivity index (χ2v) is 8.56. The largest absolute Gasteiger partial charge is 0.459 e. The molecule has 2 aliphatic rings. The molecule has 1 saturated heterocycles. The van der Waals surface area contributed by atoms with Gasteiger partial charge in [0.1, 0.15) is 0 Å². The van der Waals surface area contributed by atoms with Gasteiger partial charge in [-0.2, -0.15) is 5.10 Å². The zero-order chi connectivity index (χ0) is 20.0. The van der Waals surface area contributed by atoms with Crippen molar-refractivity contribution in [3.8, 4) is 0 Å². The number of aromatic nitrogens is 2. The number of fused-ring (bicyclic) bond motifs is 2. The Morgan fingerprint density at radius 2 is 2.14 bits per heavy atom.